The molecule has 0 aliphatic heterocycles. The van der Waals surface area contributed by atoms with E-state index in [1.165, 1.54) is 10.4 Å². The number of aryl methyl sites for hydroxylation is 1. The summed E-state index contributed by atoms with van der Waals surface area (Å²) in [6, 6.07) is 3.27. The summed E-state index contributed by atoms with van der Waals surface area (Å²) in [4.78, 5) is 17.1. The zero-order valence-electron chi connectivity index (χ0n) is 16.7. The number of amides is 1. The van der Waals surface area contributed by atoms with Gasteiger partial charge in [-0.3, -0.25) is 4.79 Å². The molecule has 0 saturated heterocycles. The Bertz CT molecular complexity index is 995. The minimum Gasteiger partial charge on any atom is -0.340 e. The average Bonchev–Trinajstić information content (AvgIpc) is 3.32. The van der Waals surface area contributed by atoms with E-state index in [9.17, 15) is 17.6 Å². The molecule has 0 atom stereocenters. The number of nitrogens with zero attached hydrogens (tertiary/aromatic N) is 3. The first kappa shape index (κ1) is 21.4. The molecule has 0 radical (unpaired) electrons. The predicted octanol–water partition coefficient (Wildman–Crippen LogP) is 2.75. The molecule has 1 aliphatic rings. The topological polar surface area (TPSA) is 105 Å². The molecule has 29 heavy (non-hydrogen) atoms. The molecule has 8 nitrogen and oxygen atoms in total. The highest BCUT2D eigenvalue weighted by Crippen LogP contribution is 2.37. The molecule has 1 amide bonds. The predicted molar refractivity (Wildman–Crippen MR) is 103 cm³/mol. The maximum atomic E-state index is 14.5. The summed E-state index contributed by atoms with van der Waals surface area (Å²) < 4.78 is 46.3. The van der Waals surface area contributed by atoms with Crippen LogP contribution in [0.25, 0.3) is 0 Å². The van der Waals surface area contributed by atoms with Crippen LogP contribution in [-0.2, 0) is 15.6 Å². The highest BCUT2D eigenvalue weighted by Gasteiger charge is 2.42. The first-order valence-electron chi connectivity index (χ1n) is 9.66. The van der Waals surface area contributed by atoms with Crippen molar-refractivity contribution in [2.45, 2.75) is 56.9 Å². The van der Waals surface area contributed by atoms with E-state index in [0.29, 0.717) is 24.6 Å². The number of sulfonamides is 1. The van der Waals surface area contributed by atoms with E-state index in [4.69, 9.17) is 4.52 Å². The molecule has 0 bridgehead atoms. The van der Waals surface area contributed by atoms with Gasteiger partial charge in [-0.05, 0) is 31.0 Å². The first-order chi connectivity index (χ1) is 13.7. The molecule has 0 unspecified atom stereocenters. The maximum absolute atomic E-state index is 14.5. The van der Waals surface area contributed by atoms with E-state index in [0.717, 1.165) is 25.0 Å². The monoisotopic (exact) mass is 424 g/mol. The van der Waals surface area contributed by atoms with Gasteiger partial charge in [0.05, 0.1) is 10.5 Å². The van der Waals surface area contributed by atoms with Crippen LogP contribution in [0.5, 0.6) is 0 Å². The van der Waals surface area contributed by atoms with Crippen molar-refractivity contribution in [2.75, 3.05) is 13.1 Å². The van der Waals surface area contributed by atoms with Crippen molar-refractivity contribution in [3.8, 4) is 0 Å². The largest absolute Gasteiger partial charge is 0.340 e. The summed E-state index contributed by atoms with van der Waals surface area (Å²) in [5, 5.41) is 6.79. The Morgan fingerprint density at radius 1 is 1.28 bits per heavy atom. The van der Waals surface area contributed by atoms with Crippen LogP contribution in [-0.4, -0.2) is 41.9 Å². The quantitative estimate of drug-likeness (QED) is 0.733. The Hall–Kier alpha value is -2.33. The molecule has 1 aromatic carbocycles. The van der Waals surface area contributed by atoms with Gasteiger partial charge < -0.3 is 9.84 Å². The molecule has 2 aromatic rings. The lowest BCUT2D eigenvalue weighted by Crippen LogP contribution is -2.45. The van der Waals surface area contributed by atoms with Crippen molar-refractivity contribution < 1.29 is 22.1 Å². The van der Waals surface area contributed by atoms with E-state index in [-0.39, 0.29) is 23.5 Å². The maximum Gasteiger partial charge on any atom is 0.255 e. The number of carbonyl (C=O) groups excluding carboxylic acids is 1. The van der Waals surface area contributed by atoms with E-state index in [1.807, 2.05) is 0 Å². The van der Waals surface area contributed by atoms with Crippen LogP contribution in [0.3, 0.4) is 0 Å². The molecular weight excluding hydrogens is 399 g/mol. The summed E-state index contributed by atoms with van der Waals surface area (Å²) in [6.45, 7) is 5.64. The third-order valence-electron chi connectivity index (χ3n) is 5.29. The van der Waals surface area contributed by atoms with E-state index < -0.39 is 27.3 Å². The van der Waals surface area contributed by atoms with Gasteiger partial charge in [0, 0.05) is 20.0 Å². The third-order valence-corrected chi connectivity index (χ3v) is 7.34. The summed E-state index contributed by atoms with van der Waals surface area (Å²) in [5.41, 5.74) is -1.18. The smallest absolute Gasteiger partial charge is 0.255 e. The number of halogens is 1. The summed E-state index contributed by atoms with van der Waals surface area (Å²) in [6.07, 6.45) is 2.90. The molecule has 1 heterocycles. The Kier molecular flexibility index (Phi) is 6.04. The molecule has 3 rings (SSSR count). The van der Waals surface area contributed by atoms with Gasteiger partial charge in [0.15, 0.2) is 5.82 Å². The second-order valence-electron chi connectivity index (χ2n) is 7.11. The Morgan fingerprint density at radius 2 is 1.93 bits per heavy atom. The lowest BCUT2D eigenvalue weighted by atomic mass is 9.95. The van der Waals surface area contributed by atoms with Crippen LogP contribution < -0.4 is 5.32 Å². The minimum absolute atomic E-state index is 0.122. The van der Waals surface area contributed by atoms with Crippen molar-refractivity contribution in [3.63, 3.8) is 0 Å². The molecule has 1 saturated carbocycles. The number of benzene rings is 1. The Labute approximate surface area is 169 Å². The van der Waals surface area contributed by atoms with E-state index in [2.05, 4.69) is 15.5 Å². The highest BCUT2D eigenvalue weighted by molar-refractivity contribution is 7.89. The van der Waals surface area contributed by atoms with Crippen LogP contribution in [0.4, 0.5) is 4.39 Å². The van der Waals surface area contributed by atoms with Crippen molar-refractivity contribution >= 4 is 15.9 Å². The standard InChI is InChI=1S/C19H25FN4O4S/c1-4-24(5-2)29(26,27)14-8-9-16(20)15(12-14)17(25)22-19(10-6-7-11-19)18-21-13(3)28-23-18/h8-9,12H,4-7,10-11H2,1-3H3,(H,22,25). The zero-order chi connectivity index (χ0) is 21.2. The van der Waals surface area contributed by atoms with Crippen LogP contribution in [0.2, 0.25) is 0 Å². The molecule has 0 spiro atoms. The number of aromatic nitrogens is 2. The molecule has 1 N–H and O–H groups in total. The van der Waals surface area contributed by atoms with Gasteiger partial charge in [0.2, 0.25) is 15.9 Å². The number of hydrogen-bond acceptors (Lipinski definition) is 6. The van der Waals surface area contributed by atoms with Crippen molar-refractivity contribution in [1.29, 1.82) is 0 Å². The lowest BCUT2D eigenvalue weighted by molar-refractivity contribution is 0.0887. The first-order valence-corrected chi connectivity index (χ1v) is 11.1. The van der Waals surface area contributed by atoms with Crippen molar-refractivity contribution in [1.82, 2.24) is 19.8 Å². The Morgan fingerprint density at radius 3 is 2.48 bits per heavy atom. The minimum atomic E-state index is -3.82. The van der Waals surface area contributed by atoms with Crippen LogP contribution >= 0.6 is 0 Å². The molecule has 1 aliphatic carbocycles. The fraction of sp³-hybridized carbons (Fsp3) is 0.526. The number of hydrogen-bond donors (Lipinski definition) is 1. The van der Waals surface area contributed by atoms with Gasteiger partial charge >= 0.3 is 0 Å². The summed E-state index contributed by atoms with van der Waals surface area (Å²) in [7, 11) is -3.82. The number of nitrogens with one attached hydrogen (secondary N) is 1. The zero-order valence-corrected chi connectivity index (χ0v) is 17.6. The van der Waals surface area contributed by atoms with E-state index >= 15 is 0 Å². The van der Waals surface area contributed by atoms with Gasteiger partial charge in [0.25, 0.3) is 5.91 Å². The second-order valence-corrected chi connectivity index (χ2v) is 9.05. The average molecular weight is 424 g/mol. The summed E-state index contributed by atoms with van der Waals surface area (Å²) in [5.74, 6) is -0.769. The second kappa shape index (κ2) is 8.19. The fourth-order valence-corrected chi connectivity index (χ4v) is 5.20. The van der Waals surface area contributed by atoms with Gasteiger partial charge in [-0.1, -0.05) is 31.8 Å². The molecule has 1 aromatic heterocycles. The van der Waals surface area contributed by atoms with Crippen LogP contribution in [0.15, 0.2) is 27.6 Å². The fourth-order valence-electron chi connectivity index (χ4n) is 3.71. The summed E-state index contributed by atoms with van der Waals surface area (Å²) >= 11 is 0. The Balaban J connectivity index is 1.95. The molecule has 10 heteroatoms. The van der Waals surface area contributed by atoms with Gasteiger partial charge in [-0.15, -0.1) is 0 Å². The number of rotatable bonds is 7. The van der Waals surface area contributed by atoms with E-state index in [1.54, 1.807) is 20.8 Å². The van der Waals surface area contributed by atoms with Crippen LogP contribution in [0, 0.1) is 12.7 Å². The van der Waals surface area contributed by atoms with Gasteiger partial charge in [-0.2, -0.15) is 9.29 Å². The normalized spacial score (nSPS) is 16.3. The lowest BCUT2D eigenvalue weighted by Gasteiger charge is -2.27. The number of carbonyl (C=O) groups is 1. The SMILES string of the molecule is CCN(CC)S(=O)(=O)c1ccc(F)c(C(=O)NC2(c3noc(C)n3)CCCC2)c1. The molecular formula is C19H25FN4O4S. The highest BCUT2D eigenvalue weighted by atomic mass is 32.2. The van der Waals surface area contributed by atoms with Crippen LogP contribution in [0.1, 0.15) is 61.6 Å². The third kappa shape index (κ3) is 4.04. The molecule has 1 fully saturated rings. The molecule has 158 valence electrons. The van der Waals surface area contributed by atoms with Crippen molar-refractivity contribution in [2.24, 2.45) is 0 Å². The van der Waals surface area contributed by atoms with Gasteiger partial charge in [-0.25, -0.2) is 12.8 Å². The van der Waals surface area contributed by atoms with Crippen molar-refractivity contribution in [3.05, 3.63) is 41.3 Å². The van der Waals surface area contributed by atoms with Gasteiger partial charge in [0.1, 0.15) is 11.4 Å².